The van der Waals surface area contributed by atoms with Gasteiger partial charge in [0.05, 0.1) is 0 Å². The van der Waals surface area contributed by atoms with Crippen molar-refractivity contribution >= 4 is 11.8 Å². The summed E-state index contributed by atoms with van der Waals surface area (Å²) < 4.78 is 0. The Morgan fingerprint density at radius 1 is 1.15 bits per heavy atom. The molecule has 1 aliphatic heterocycles. The van der Waals surface area contributed by atoms with Crippen LogP contribution in [0, 0.1) is 0 Å². The maximum absolute atomic E-state index is 13.1. The number of nitrogens with one attached hydrogen (secondary N) is 1. The Morgan fingerprint density at radius 2 is 1.65 bits per heavy atom. The molecule has 2 rings (SSSR count). The molecular formula is C16H28N2O2. The second kappa shape index (κ2) is 5.38. The topological polar surface area (TPSA) is 49.4 Å². The zero-order valence-corrected chi connectivity index (χ0v) is 13.3. The molecule has 0 aromatic heterocycles. The van der Waals surface area contributed by atoms with Gasteiger partial charge in [-0.05, 0) is 39.0 Å². The lowest BCUT2D eigenvalue weighted by Crippen LogP contribution is -2.73. The largest absolute Gasteiger partial charge is 0.340 e. The van der Waals surface area contributed by atoms with E-state index in [0.29, 0.717) is 0 Å². The summed E-state index contributed by atoms with van der Waals surface area (Å²) in [5.41, 5.74) is -0.780. The number of hydrogen-bond donors (Lipinski definition) is 1. The first kappa shape index (κ1) is 15.3. The molecule has 4 heteroatoms. The van der Waals surface area contributed by atoms with E-state index >= 15 is 0 Å². The van der Waals surface area contributed by atoms with Crippen molar-refractivity contribution < 1.29 is 9.59 Å². The van der Waals surface area contributed by atoms with Crippen LogP contribution < -0.4 is 5.32 Å². The third-order valence-corrected chi connectivity index (χ3v) is 5.70. The third kappa shape index (κ3) is 2.04. The predicted molar refractivity (Wildman–Crippen MR) is 79.3 cm³/mol. The third-order valence-electron chi connectivity index (χ3n) is 5.70. The summed E-state index contributed by atoms with van der Waals surface area (Å²) in [6.07, 6.45) is 6.37. The molecule has 1 heterocycles. The standard InChI is InChI=1S/C16H28N2O2/c1-5-15(6-2,7-3)18-12(4)13(19)17-16(14(18)20)10-8-9-11-16/h12H,5-11H2,1-4H3,(H,17,19). The van der Waals surface area contributed by atoms with Crippen molar-refractivity contribution in [3.05, 3.63) is 0 Å². The van der Waals surface area contributed by atoms with Gasteiger partial charge in [0, 0.05) is 5.54 Å². The van der Waals surface area contributed by atoms with Gasteiger partial charge in [0.2, 0.25) is 11.8 Å². The Morgan fingerprint density at radius 3 is 2.10 bits per heavy atom. The quantitative estimate of drug-likeness (QED) is 0.860. The molecular weight excluding hydrogens is 252 g/mol. The first-order chi connectivity index (χ1) is 9.46. The van der Waals surface area contributed by atoms with E-state index in [-0.39, 0.29) is 23.4 Å². The normalized spacial score (nSPS) is 26.2. The van der Waals surface area contributed by atoms with Crippen molar-refractivity contribution in [2.45, 2.75) is 89.8 Å². The Hall–Kier alpha value is -1.06. The van der Waals surface area contributed by atoms with E-state index in [1.165, 1.54) is 0 Å². The maximum Gasteiger partial charge on any atom is 0.249 e. The van der Waals surface area contributed by atoms with Crippen molar-refractivity contribution in [2.75, 3.05) is 0 Å². The molecule has 0 radical (unpaired) electrons. The van der Waals surface area contributed by atoms with Gasteiger partial charge < -0.3 is 10.2 Å². The van der Waals surface area contributed by atoms with Gasteiger partial charge in [-0.1, -0.05) is 33.6 Å². The number of nitrogens with zero attached hydrogens (tertiary/aromatic N) is 1. The summed E-state index contributed by atoms with van der Waals surface area (Å²) in [4.78, 5) is 27.5. The summed E-state index contributed by atoms with van der Waals surface area (Å²) in [5, 5.41) is 3.04. The summed E-state index contributed by atoms with van der Waals surface area (Å²) >= 11 is 0. The lowest BCUT2D eigenvalue weighted by molar-refractivity contribution is -0.163. The monoisotopic (exact) mass is 280 g/mol. The molecule has 2 fully saturated rings. The minimum Gasteiger partial charge on any atom is -0.340 e. The van der Waals surface area contributed by atoms with Crippen LogP contribution in [-0.4, -0.2) is 33.8 Å². The molecule has 4 nitrogen and oxygen atoms in total. The molecule has 0 aromatic carbocycles. The highest BCUT2D eigenvalue weighted by atomic mass is 16.2. The van der Waals surface area contributed by atoms with Crippen LogP contribution in [-0.2, 0) is 9.59 Å². The van der Waals surface area contributed by atoms with Crippen LogP contribution in [0.1, 0.15) is 72.6 Å². The van der Waals surface area contributed by atoms with Gasteiger partial charge in [-0.2, -0.15) is 0 Å². The molecule has 2 aliphatic rings. The Kier molecular flexibility index (Phi) is 4.12. The fourth-order valence-electron chi connectivity index (χ4n) is 4.12. The first-order valence-corrected chi connectivity index (χ1v) is 8.12. The lowest BCUT2D eigenvalue weighted by atomic mass is 9.81. The zero-order chi connectivity index (χ0) is 15.0. The van der Waals surface area contributed by atoms with E-state index in [1.807, 2.05) is 11.8 Å². The van der Waals surface area contributed by atoms with E-state index in [2.05, 4.69) is 26.1 Å². The minimum absolute atomic E-state index is 0.0197. The van der Waals surface area contributed by atoms with Crippen molar-refractivity contribution in [1.29, 1.82) is 0 Å². The highest BCUT2D eigenvalue weighted by Crippen LogP contribution is 2.40. The van der Waals surface area contributed by atoms with Crippen LogP contribution in [0.3, 0.4) is 0 Å². The number of carbonyl (C=O) groups is 2. The van der Waals surface area contributed by atoms with Crippen molar-refractivity contribution in [3.8, 4) is 0 Å². The highest BCUT2D eigenvalue weighted by Gasteiger charge is 2.55. The maximum atomic E-state index is 13.1. The van der Waals surface area contributed by atoms with Crippen LogP contribution in [0.15, 0.2) is 0 Å². The fraction of sp³-hybridized carbons (Fsp3) is 0.875. The Balaban J connectivity index is 2.43. The molecule has 1 aliphatic carbocycles. The summed E-state index contributed by atoms with van der Waals surface area (Å²) in [5.74, 6) is 0.180. The average Bonchev–Trinajstić information content (AvgIpc) is 2.91. The number of amides is 2. The van der Waals surface area contributed by atoms with Gasteiger partial charge >= 0.3 is 0 Å². The van der Waals surface area contributed by atoms with E-state index < -0.39 is 5.54 Å². The van der Waals surface area contributed by atoms with Gasteiger partial charge in [0.1, 0.15) is 11.6 Å². The van der Waals surface area contributed by atoms with Gasteiger partial charge in [0.25, 0.3) is 0 Å². The summed E-state index contributed by atoms with van der Waals surface area (Å²) in [6.45, 7) is 8.24. The van der Waals surface area contributed by atoms with Crippen LogP contribution in [0.25, 0.3) is 0 Å². The van der Waals surface area contributed by atoms with Crippen molar-refractivity contribution in [1.82, 2.24) is 10.2 Å². The Bertz CT molecular complexity index is 387. The molecule has 2 amide bonds. The zero-order valence-electron chi connectivity index (χ0n) is 13.3. The lowest BCUT2D eigenvalue weighted by Gasteiger charge is -2.52. The molecule has 114 valence electrons. The molecule has 1 saturated heterocycles. The minimum atomic E-state index is -0.603. The smallest absolute Gasteiger partial charge is 0.249 e. The fourth-order valence-corrected chi connectivity index (χ4v) is 4.12. The Labute approximate surface area is 122 Å². The molecule has 20 heavy (non-hydrogen) atoms. The molecule has 1 N–H and O–H groups in total. The van der Waals surface area contributed by atoms with Gasteiger partial charge in [-0.15, -0.1) is 0 Å². The molecule has 1 saturated carbocycles. The SMILES string of the molecule is CCC(CC)(CC)N1C(=O)C2(CCCC2)NC(=O)C1C. The molecule has 0 bridgehead atoms. The van der Waals surface area contributed by atoms with Gasteiger partial charge in [-0.3, -0.25) is 9.59 Å². The van der Waals surface area contributed by atoms with E-state index in [4.69, 9.17) is 0 Å². The molecule has 1 spiro atoms. The predicted octanol–water partition coefficient (Wildman–Crippen LogP) is 2.61. The van der Waals surface area contributed by atoms with Crippen LogP contribution in [0.4, 0.5) is 0 Å². The number of hydrogen-bond acceptors (Lipinski definition) is 2. The van der Waals surface area contributed by atoms with Crippen LogP contribution >= 0.6 is 0 Å². The highest BCUT2D eigenvalue weighted by molar-refractivity contribution is 6.00. The second-order valence-corrected chi connectivity index (χ2v) is 6.41. The number of piperazine rings is 1. The van der Waals surface area contributed by atoms with E-state index in [9.17, 15) is 9.59 Å². The number of carbonyl (C=O) groups excluding carboxylic acids is 2. The summed E-state index contributed by atoms with van der Waals surface area (Å²) in [7, 11) is 0. The molecule has 1 atom stereocenters. The van der Waals surface area contributed by atoms with Crippen LogP contribution in [0.5, 0.6) is 0 Å². The number of rotatable bonds is 4. The van der Waals surface area contributed by atoms with Crippen molar-refractivity contribution in [3.63, 3.8) is 0 Å². The van der Waals surface area contributed by atoms with Gasteiger partial charge in [-0.25, -0.2) is 0 Å². The van der Waals surface area contributed by atoms with E-state index in [0.717, 1.165) is 44.9 Å². The van der Waals surface area contributed by atoms with Gasteiger partial charge in [0.15, 0.2) is 0 Å². The van der Waals surface area contributed by atoms with E-state index in [1.54, 1.807) is 0 Å². The second-order valence-electron chi connectivity index (χ2n) is 6.41. The summed E-state index contributed by atoms with van der Waals surface area (Å²) in [6, 6.07) is -0.353. The first-order valence-electron chi connectivity index (χ1n) is 8.12. The van der Waals surface area contributed by atoms with Crippen molar-refractivity contribution in [2.24, 2.45) is 0 Å². The molecule has 0 aromatic rings. The van der Waals surface area contributed by atoms with Crippen LogP contribution in [0.2, 0.25) is 0 Å². The molecule has 1 unspecified atom stereocenters. The average molecular weight is 280 g/mol.